The molecular weight excluding hydrogens is 293 g/mol. The highest BCUT2D eigenvalue weighted by Gasteiger charge is 2.17. The molecule has 0 fully saturated rings. The molecule has 0 atom stereocenters. The van der Waals surface area contributed by atoms with Crippen LogP contribution in [-0.4, -0.2) is 17.7 Å². The first-order valence-electron chi connectivity index (χ1n) is 4.05. The minimum absolute atomic E-state index is 0.116. The number of benzene rings is 1. The number of alkyl halides is 2. The van der Waals surface area contributed by atoms with E-state index in [9.17, 15) is 18.0 Å². The highest BCUT2D eigenvalue weighted by Crippen LogP contribution is 2.33. The van der Waals surface area contributed by atoms with Crippen molar-refractivity contribution in [2.75, 3.05) is 0 Å². The van der Waals surface area contributed by atoms with Crippen LogP contribution in [0.5, 0.6) is 5.75 Å². The lowest BCUT2D eigenvalue weighted by atomic mass is 10.1. The summed E-state index contributed by atoms with van der Waals surface area (Å²) in [6.07, 6.45) is -0.416. The number of aliphatic carboxylic acids is 1. The van der Waals surface area contributed by atoms with Gasteiger partial charge in [-0.05, 0) is 27.6 Å². The Morgan fingerprint density at radius 3 is 2.62 bits per heavy atom. The van der Waals surface area contributed by atoms with Crippen LogP contribution in [-0.2, 0) is 11.2 Å². The molecule has 88 valence electrons. The summed E-state index contributed by atoms with van der Waals surface area (Å²) in [4.78, 5) is 10.4. The van der Waals surface area contributed by atoms with Gasteiger partial charge < -0.3 is 9.84 Å². The molecule has 0 aliphatic heterocycles. The lowest BCUT2D eigenvalue weighted by molar-refractivity contribution is -0.136. The molecule has 0 saturated heterocycles. The molecule has 1 rings (SSSR count). The zero-order chi connectivity index (χ0) is 12.3. The third-order valence-electron chi connectivity index (χ3n) is 1.68. The van der Waals surface area contributed by atoms with Crippen molar-refractivity contribution in [1.82, 2.24) is 0 Å². The molecule has 0 amide bonds. The Bertz CT molecular complexity index is 409. The Labute approximate surface area is 97.0 Å². The Morgan fingerprint density at radius 2 is 2.12 bits per heavy atom. The highest BCUT2D eigenvalue weighted by atomic mass is 79.9. The van der Waals surface area contributed by atoms with Crippen molar-refractivity contribution in [2.24, 2.45) is 0 Å². The van der Waals surface area contributed by atoms with Gasteiger partial charge in [-0.1, -0.05) is 6.07 Å². The summed E-state index contributed by atoms with van der Waals surface area (Å²) in [5.74, 6) is -2.83. The van der Waals surface area contributed by atoms with E-state index in [-0.39, 0.29) is 10.0 Å². The molecule has 0 aliphatic carbocycles. The normalized spacial score (nSPS) is 10.6. The fourth-order valence-corrected chi connectivity index (χ4v) is 1.63. The van der Waals surface area contributed by atoms with Crippen LogP contribution < -0.4 is 4.74 Å². The lowest BCUT2D eigenvalue weighted by Gasteiger charge is -2.10. The van der Waals surface area contributed by atoms with Crippen LogP contribution in [0.25, 0.3) is 0 Å². The second-order valence-electron chi connectivity index (χ2n) is 2.80. The highest BCUT2D eigenvalue weighted by molar-refractivity contribution is 9.10. The van der Waals surface area contributed by atoms with Crippen molar-refractivity contribution < 1.29 is 27.8 Å². The summed E-state index contributed by atoms with van der Waals surface area (Å²) in [5.41, 5.74) is 0.157. The van der Waals surface area contributed by atoms with Gasteiger partial charge in [0.1, 0.15) is 0 Å². The van der Waals surface area contributed by atoms with Crippen molar-refractivity contribution in [3.8, 4) is 5.75 Å². The minimum atomic E-state index is -3.18. The van der Waals surface area contributed by atoms with Gasteiger partial charge in [-0.15, -0.1) is 0 Å². The number of ether oxygens (including phenoxy) is 1. The summed E-state index contributed by atoms with van der Waals surface area (Å²) in [5, 5.41) is 8.53. The maximum absolute atomic E-state index is 13.1. The van der Waals surface area contributed by atoms with E-state index >= 15 is 0 Å². The molecule has 0 unspecified atom stereocenters. The molecule has 0 radical (unpaired) electrons. The molecule has 3 nitrogen and oxygen atoms in total. The average Bonchev–Trinajstić information content (AvgIpc) is 2.16. The van der Waals surface area contributed by atoms with E-state index < -0.39 is 30.6 Å². The molecule has 0 aromatic heterocycles. The zero-order valence-corrected chi connectivity index (χ0v) is 9.30. The van der Waals surface area contributed by atoms with Crippen molar-refractivity contribution >= 4 is 21.9 Å². The molecular formula is C9H6BrF3O3. The van der Waals surface area contributed by atoms with Crippen LogP contribution in [0.2, 0.25) is 0 Å². The molecule has 1 N–H and O–H groups in total. The Morgan fingerprint density at radius 1 is 1.50 bits per heavy atom. The summed E-state index contributed by atoms with van der Waals surface area (Å²) >= 11 is 2.83. The van der Waals surface area contributed by atoms with E-state index in [1.807, 2.05) is 0 Å². The van der Waals surface area contributed by atoms with Crippen LogP contribution in [0.4, 0.5) is 13.2 Å². The van der Waals surface area contributed by atoms with Gasteiger partial charge in [0.25, 0.3) is 0 Å². The van der Waals surface area contributed by atoms with Gasteiger partial charge in [-0.2, -0.15) is 8.78 Å². The molecule has 16 heavy (non-hydrogen) atoms. The summed E-state index contributed by atoms with van der Waals surface area (Å²) < 4.78 is 40.8. The monoisotopic (exact) mass is 298 g/mol. The number of halogens is 4. The van der Waals surface area contributed by atoms with E-state index in [4.69, 9.17) is 5.11 Å². The van der Waals surface area contributed by atoms with E-state index in [2.05, 4.69) is 20.7 Å². The fourth-order valence-electron chi connectivity index (χ4n) is 1.07. The van der Waals surface area contributed by atoms with Crippen LogP contribution in [0.1, 0.15) is 5.56 Å². The molecule has 0 heterocycles. The molecule has 0 saturated carbocycles. The van der Waals surface area contributed by atoms with Crippen LogP contribution >= 0.6 is 15.9 Å². The van der Waals surface area contributed by atoms with Gasteiger partial charge in [0.15, 0.2) is 11.6 Å². The largest absolute Gasteiger partial charge is 0.481 e. The van der Waals surface area contributed by atoms with Crippen molar-refractivity contribution in [2.45, 2.75) is 13.0 Å². The summed E-state index contributed by atoms with van der Waals surface area (Å²) in [6, 6.07) is 2.06. The summed E-state index contributed by atoms with van der Waals surface area (Å²) in [6.45, 7) is -3.18. The second-order valence-corrected chi connectivity index (χ2v) is 3.59. The minimum Gasteiger partial charge on any atom is -0.481 e. The number of carboxylic acids is 1. The molecule has 1 aromatic rings. The van der Waals surface area contributed by atoms with Crippen LogP contribution in [0.3, 0.4) is 0 Å². The van der Waals surface area contributed by atoms with Gasteiger partial charge in [0.2, 0.25) is 0 Å². The number of hydrogen-bond donors (Lipinski definition) is 1. The second kappa shape index (κ2) is 5.20. The van der Waals surface area contributed by atoms with Gasteiger partial charge in [0.05, 0.1) is 10.9 Å². The number of carboxylic acid groups (broad SMARTS) is 1. The molecule has 7 heteroatoms. The van der Waals surface area contributed by atoms with E-state index in [0.29, 0.717) is 0 Å². The standard InChI is InChI=1S/C9H6BrF3O3/c10-7-4(3-6(14)15)1-2-5(11)8(7)16-9(12)13/h1-2,9H,3H2,(H,14,15). The average molecular weight is 299 g/mol. The van der Waals surface area contributed by atoms with Crippen LogP contribution in [0, 0.1) is 5.82 Å². The molecule has 0 aliphatic rings. The van der Waals surface area contributed by atoms with Crippen molar-refractivity contribution in [1.29, 1.82) is 0 Å². The molecule has 1 aromatic carbocycles. The third-order valence-corrected chi connectivity index (χ3v) is 2.55. The number of hydrogen-bond acceptors (Lipinski definition) is 2. The predicted octanol–water partition coefficient (Wildman–Crippen LogP) is 2.82. The van der Waals surface area contributed by atoms with Crippen molar-refractivity contribution in [3.05, 3.63) is 28.0 Å². The van der Waals surface area contributed by atoms with Gasteiger partial charge in [-0.3, -0.25) is 4.79 Å². The maximum atomic E-state index is 13.1. The van der Waals surface area contributed by atoms with Crippen LogP contribution in [0.15, 0.2) is 16.6 Å². The lowest BCUT2D eigenvalue weighted by Crippen LogP contribution is -2.07. The first kappa shape index (κ1) is 12.8. The SMILES string of the molecule is O=C(O)Cc1ccc(F)c(OC(F)F)c1Br. The smallest absolute Gasteiger partial charge is 0.387 e. The molecule has 0 bridgehead atoms. The van der Waals surface area contributed by atoms with E-state index in [0.717, 1.165) is 6.07 Å². The number of carbonyl (C=O) groups is 1. The summed E-state index contributed by atoms with van der Waals surface area (Å²) in [7, 11) is 0. The quantitative estimate of drug-likeness (QED) is 0.930. The Hall–Kier alpha value is -1.24. The predicted molar refractivity (Wildman–Crippen MR) is 52.1 cm³/mol. The topological polar surface area (TPSA) is 46.5 Å². The third kappa shape index (κ3) is 3.13. The first-order chi connectivity index (χ1) is 7.41. The Kier molecular flexibility index (Phi) is 4.17. The van der Waals surface area contributed by atoms with Gasteiger partial charge >= 0.3 is 12.6 Å². The van der Waals surface area contributed by atoms with Crippen molar-refractivity contribution in [3.63, 3.8) is 0 Å². The van der Waals surface area contributed by atoms with E-state index in [1.54, 1.807) is 0 Å². The number of rotatable bonds is 4. The van der Waals surface area contributed by atoms with E-state index in [1.165, 1.54) is 6.07 Å². The fraction of sp³-hybridized carbons (Fsp3) is 0.222. The van der Waals surface area contributed by atoms with Gasteiger partial charge in [-0.25, -0.2) is 4.39 Å². The van der Waals surface area contributed by atoms with Gasteiger partial charge in [0, 0.05) is 0 Å². The first-order valence-corrected chi connectivity index (χ1v) is 4.84. The maximum Gasteiger partial charge on any atom is 0.387 e. The Balaban J connectivity index is 3.10. The molecule has 0 spiro atoms. The zero-order valence-electron chi connectivity index (χ0n) is 7.71.